The lowest BCUT2D eigenvalue weighted by molar-refractivity contribution is -0.126. The fourth-order valence-electron chi connectivity index (χ4n) is 6.47. The summed E-state index contributed by atoms with van der Waals surface area (Å²) in [6.07, 6.45) is 8.50. The topological polar surface area (TPSA) is 59.8 Å². The van der Waals surface area contributed by atoms with Crippen LogP contribution in [0.25, 0.3) is 0 Å². The molecule has 5 nitrogen and oxygen atoms in total. The number of thioether (sulfide) groups is 1. The molecule has 4 aliphatic rings. The Morgan fingerprint density at radius 3 is 2.37 bits per heavy atom. The lowest BCUT2D eigenvalue weighted by Crippen LogP contribution is -2.60. The first-order valence-corrected chi connectivity index (χ1v) is 12.4. The van der Waals surface area contributed by atoms with Crippen molar-refractivity contribution in [3.8, 4) is 0 Å². The van der Waals surface area contributed by atoms with Crippen LogP contribution < -0.4 is 5.32 Å². The van der Waals surface area contributed by atoms with Gasteiger partial charge in [-0.2, -0.15) is 0 Å². The number of nitrogens with zero attached hydrogens (tertiary/aromatic N) is 3. The summed E-state index contributed by atoms with van der Waals surface area (Å²) in [4.78, 5) is 13.1. The van der Waals surface area contributed by atoms with Gasteiger partial charge >= 0.3 is 0 Å². The van der Waals surface area contributed by atoms with Gasteiger partial charge in [0.1, 0.15) is 5.82 Å². The van der Waals surface area contributed by atoms with E-state index < -0.39 is 0 Å². The molecule has 0 unspecified atom stereocenters. The molecular weight excluding hydrogens is 392 g/mol. The van der Waals surface area contributed by atoms with Gasteiger partial charge in [0.25, 0.3) is 0 Å². The van der Waals surface area contributed by atoms with Gasteiger partial charge in [-0.25, -0.2) is 0 Å². The van der Waals surface area contributed by atoms with Gasteiger partial charge in [0, 0.05) is 18.5 Å². The molecule has 1 N–H and O–H groups in total. The highest BCUT2D eigenvalue weighted by atomic mass is 32.2. The van der Waals surface area contributed by atoms with Crippen LogP contribution in [0, 0.1) is 17.8 Å². The van der Waals surface area contributed by atoms with Crippen LogP contribution in [0.2, 0.25) is 0 Å². The second-order valence-electron chi connectivity index (χ2n) is 9.75. The van der Waals surface area contributed by atoms with Crippen LogP contribution in [0.15, 0.2) is 35.5 Å². The molecule has 4 bridgehead atoms. The SMILES string of the molecule is CCn1c(Cc2ccccc2)nnc1S[C@@H](C)C(=O)NC12CC3CC(CC(C3)C1)C2. The summed E-state index contributed by atoms with van der Waals surface area (Å²) < 4.78 is 2.15. The molecular formula is C24H32N4OS. The van der Waals surface area contributed by atoms with Crippen molar-refractivity contribution in [2.45, 2.75) is 81.3 Å². The minimum absolute atomic E-state index is 0.0670. The molecule has 6 heteroatoms. The molecule has 0 spiro atoms. The fourth-order valence-corrected chi connectivity index (χ4v) is 7.40. The van der Waals surface area contributed by atoms with Crippen LogP contribution >= 0.6 is 11.8 Å². The molecule has 0 radical (unpaired) electrons. The zero-order valence-corrected chi connectivity index (χ0v) is 18.8. The third-order valence-corrected chi connectivity index (χ3v) is 8.47. The second-order valence-corrected chi connectivity index (χ2v) is 11.1. The first-order chi connectivity index (χ1) is 14.5. The molecule has 6 rings (SSSR count). The summed E-state index contributed by atoms with van der Waals surface area (Å²) >= 11 is 1.54. The van der Waals surface area contributed by atoms with E-state index in [1.807, 2.05) is 13.0 Å². The van der Waals surface area contributed by atoms with Gasteiger partial charge in [-0.3, -0.25) is 4.79 Å². The molecule has 0 aliphatic heterocycles. The van der Waals surface area contributed by atoms with Crippen molar-refractivity contribution < 1.29 is 4.79 Å². The lowest BCUT2D eigenvalue weighted by Gasteiger charge is -2.57. The Morgan fingerprint density at radius 2 is 1.77 bits per heavy atom. The molecule has 0 saturated heterocycles. The molecule has 2 aromatic rings. The molecule has 4 fully saturated rings. The van der Waals surface area contributed by atoms with Gasteiger partial charge in [-0.1, -0.05) is 42.1 Å². The minimum atomic E-state index is -0.169. The zero-order chi connectivity index (χ0) is 20.7. The normalized spacial score (nSPS) is 30.4. The Kier molecular flexibility index (Phi) is 5.38. The summed E-state index contributed by atoms with van der Waals surface area (Å²) in [5, 5.41) is 13.0. The number of hydrogen-bond acceptors (Lipinski definition) is 4. The maximum atomic E-state index is 13.1. The van der Waals surface area contributed by atoms with Gasteiger partial charge in [0.15, 0.2) is 5.16 Å². The van der Waals surface area contributed by atoms with Crippen molar-refractivity contribution in [1.82, 2.24) is 20.1 Å². The molecule has 160 valence electrons. The number of carbonyl (C=O) groups is 1. The van der Waals surface area contributed by atoms with Crippen LogP contribution in [0.4, 0.5) is 0 Å². The smallest absolute Gasteiger partial charge is 0.233 e. The Bertz CT molecular complexity index is 874. The van der Waals surface area contributed by atoms with E-state index >= 15 is 0 Å². The Labute approximate surface area is 183 Å². The predicted octanol–water partition coefficient (Wildman–Crippen LogP) is 4.45. The largest absolute Gasteiger partial charge is 0.350 e. The van der Waals surface area contributed by atoms with Gasteiger partial charge < -0.3 is 9.88 Å². The number of rotatable bonds is 7. The zero-order valence-electron chi connectivity index (χ0n) is 18.0. The minimum Gasteiger partial charge on any atom is -0.350 e. The average Bonchev–Trinajstić information content (AvgIpc) is 3.08. The second kappa shape index (κ2) is 8.03. The number of carbonyl (C=O) groups excluding carboxylic acids is 1. The fraction of sp³-hybridized carbons (Fsp3) is 0.625. The lowest BCUT2D eigenvalue weighted by atomic mass is 9.53. The van der Waals surface area contributed by atoms with E-state index in [-0.39, 0.29) is 16.7 Å². The Hall–Kier alpha value is -1.82. The molecule has 30 heavy (non-hydrogen) atoms. The quantitative estimate of drug-likeness (QED) is 0.667. The summed E-state index contributed by atoms with van der Waals surface area (Å²) in [5.41, 5.74) is 1.29. The summed E-state index contributed by atoms with van der Waals surface area (Å²) in [6.45, 7) is 4.93. The maximum Gasteiger partial charge on any atom is 0.233 e. The third-order valence-electron chi connectivity index (χ3n) is 7.39. The van der Waals surface area contributed by atoms with E-state index in [0.29, 0.717) is 0 Å². The van der Waals surface area contributed by atoms with Crippen molar-refractivity contribution in [1.29, 1.82) is 0 Å². The van der Waals surface area contributed by atoms with Crippen molar-refractivity contribution in [2.24, 2.45) is 17.8 Å². The molecule has 1 aromatic heterocycles. The molecule has 4 aliphatic carbocycles. The first kappa shape index (κ1) is 20.1. The van der Waals surface area contributed by atoms with Crippen LogP contribution in [0.5, 0.6) is 0 Å². The van der Waals surface area contributed by atoms with Crippen LogP contribution in [-0.2, 0) is 17.8 Å². The number of amides is 1. The number of benzene rings is 1. The highest BCUT2D eigenvalue weighted by molar-refractivity contribution is 8.00. The maximum absolute atomic E-state index is 13.1. The van der Waals surface area contributed by atoms with Crippen molar-refractivity contribution in [2.75, 3.05) is 0 Å². The van der Waals surface area contributed by atoms with E-state index in [9.17, 15) is 4.79 Å². The number of nitrogens with one attached hydrogen (secondary N) is 1. The highest BCUT2D eigenvalue weighted by Gasteiger charge is 2.51. The van der Waals surface area contributed by atoms with Gasteiger partial charge in [0.2, 0.25) is 5.91 Å². The first-order valence-electron chi connectivity index (χ1n) is 11.5. The monoisotopic (exact) mass is 424 g/mol. The van der Waals surface area contributed by atoms with Crippen molar-refractivity contribution in [3.63, 3.8) is 0 Å². The predicted molar refractivity (Wildman–Crippen MR) is 119 cm³/mol. The van der Waals surface area contributed by atoms with E-state index in [2.05, 4.69) is 51.3 Å². The van der Waals surface area contributed by atoms with E-state index in [0.717, 1.165) is 41.7 Å². The molecule has 1 aromatic carbocycles. The van der Waals surface area contributed by atoms with Crippen LogP contribution in [0.1, 0.15) is 63.8 Å². The summed E-state index contributed by atoms with van der Waals surface area (Å²) in [6, 6.07) is 10.4. The third kappa shape index (κ3) is 3.91. The number of aromatic nitrogens is 3. The highest BCUT2D eigenvalue weighted by Crippen LogP contribution is 2.55. The van der Waals surface area contributed by atoms with Crippen molar-refractivity contribution in [3.05, 3.63) is 41.7 Å². The van der Waals surface area contributed by atoms with Crippen LogP contribution in [-0.4, -0.2) is 31.5 Å². The van der Waals surface area contributed by atoms with E-state index in [1.54, 1.807) is 11.8 Å². The van der Waals surface area contributed by atoms with E-state index in [4.69, 9.17) is 0 Å². The molecule has 1 atom stereocenters. The summed E-state index contributed by atoms with van der Waals surface area (Å²) in [5.74, 6) is 3.63. The summed E-state index contributed by atoms with van der Waals surface area (Å²) in [7, 11) is 0. The molecule has 1 amide bonds. The Balaban J connectivity index is 1.25. The van der Waals surface area contributed by atoms with Gasteiger partial charge in [-0.15, -0.1) is 10.2 Å². The van der Waals surface area contributed by atoms with Gasteiger partial charge in [-0.05, 0) is 75.7 Å². The average molecular weight is 425 g/mol. The van der Waals surface area contributed by atoms with Crippen LogP contribution in [0.3, 0.4) is 0 Å². The molecule has 1 heterocycles. The Morgan fingerprint density at radius 1 is 1.13 bits per heavy atom. The van der Waals surface area contributed by atoms with Crippen molar-refractivity contribution >= 4 is 17.7 Å². The standard InChI is InChI=1S/C24H32N4OS/c1-3-28-21(12-17-7-5-4-6-8-17)26-27-23(28)30-16(2)22(29)25-24-13-18-9-19(14-24)11-20(10-18)15-24/h4-8,16,18-20H,3,9-15H2,1-2H3,(H,25,29)/t16-,18?,19?,20?,24?/m0/s1. The number of hydrogen-bond donors (Lipinski definition) is 1. The molecule has 4 saturated carbocycles. The van der Waals surface area contributed by atoms with Gasteiger partial charge in [0.05, 0.1) is 5.25 Å². The van der Waals surface area contributed by atoms with E-state index in [1.165, 1.54) is 44.1 Å².